The second-order valence-corrected chi connectivity index (χ2v) is 8.25. The molecule has 1 saturated heterocycles. The van der Waals surface area contributed by atoms with Gasteiger partial charge in [-0.25, -0.2) is 0 Å². The number of nitrogens with one attached hydrogen (secondary N) is 1. The van der Waals surface area contributed by atoms with Gasteiger partial charge < -0.3 is 15.0 Å². The van der Waals surface area contributed by atoms with Crippen molar-refractivity contribution in [3.05, 3.63) is 59.2 Å². The highest BCUT2D eigenvalue weighted by atomic mass is 35.5. The first-order chi connectivity index (χ1) is 14.0. The Morgan fingerprint density at radius 1 is 1.21 bits per heavy atom. The molecule has 0 saturated carbocycles. The number of anilines is 2. The summed E-state index contributed by atoms with van der Waals surface area (Å²) in [5, 5.41) is 5.28. The van der Waals surface area contributed by atoms with Crippen molar-refractivity contribution in [2.75, 3.05) is 39.6 Å². The molecule has 5 nitrogen and oxygen atoms in total. The van der Waals surface area contributed by atoms with Gasteiger partial charge in [-0.15, -0.1) is 0 Å². The van der Waals surface area contributed by atoms with Crippen molar-refractivity contribution in [2.45, 2.75) is 19.0 Å². The molecule has 2 heterocycles. The van der Waals surface area contributed by atoms with Crippen LogP contribution < -0.4 is 10.1 Å². The highest BCUT2D eigenvalue weighted by Gasteiger charge is 2.24. The fourth-order valence-corrected chi connectivity index (χ4v) is 4.15. The first kappa shape index (κ1) is 20.0. The van der Waals surface area contributed by atoms with E-state index in [0.29, 0.717) is 11.1 Å². The summed E-state index contributed by atoms with van der Waals surface area (Å²) in [5.41, 5.74) is 4.12. The minimum Gasteiger partial charge on any atom is -0.496 e. The smallest absolute Gasteiger partial charge is 0.123 e. The number of pyridine rings is 1. The normalized spacial score (nSPS) is 17.2. The van der Waals surface area contributed by atoms with E-state index in [4.69, 9.17) is 16.3 Å². The lowest BCUT2D eigenvalue weighted by molar-refractivity contribution is 0.262. The van der Waals surface area contributed by atoms with Gasteiger partial charge in [-0.3, -0.25) is 9.88 Å². The number of halogens is 1. The number of fused-ring (bicyclic) bond motifs is 1. The van der Waals surface area contributed by atoms with Crippen LogP contribution in [0.3, 0.4) is 0 Å². The summed E-state index contributed by atoms with van der Waals surface area (Å²) in [7, 11) is 6.05. The molecular formula is C23H27ClN4O. The highest BCUT2D eigenvalue weighted by Crippen LogP contribution is 2.30. The Morgan fingerprint density at radius 2 is 2.07 bits per heavy atom. The first-order valence-electron chi connectivity index (χ1n) is 9.90. The zero-order chi connectivity index (χ0) is 20.4. The topological polar surface area (TPSA) is 40.6 Å². The molecule has 4 rings (SSSR count). The number of hydrogen-bond acceptors (Lipinski definition) is 5. The van der Waals surface area contributed by atoms with E-state index >= 15 is 0 Å². The molecule has 1 aliphatic heterocycles. The third-order valence-corrected chi connectivity index (χ3v) is 5.87. The van der Waals surface area contributed by atoms with Gasteiger partial charge in [0.05, 0.1) is 12.6 Å². The number of aromatic nitrogens is 1. The maximum absolute atomic E-state index is 6.11. The highest BCUT2D eigenvalue weighted by molar-refractivity contribution is 6.31. The second kappa shape index (κ2) is 8.57. The van der Waals surface area contributed by atoms with E-state index in [1.165, 1.54) is 12.0 Å². The van der Waals surface area contributed by atoms with Crippen LogP contribution in [0.5, 0.6) is 5.75 Å². The van der Waals surface area contributed by atoms with E-state index in [1.54, 1.807) is 13.3 Å². The van der Waals surface area contributed by atoms with Crippen LogP contribution in [0.1, 0.15) is 12.0 Å². The molecule has 29 heavy (non-hydrogen) atoms. The summed E-state index contributed by atoms with van der Waals surface area (Å²) >= 11 is 6.11. The van der Waals surface area contributed by atoms with Crippen LogP contribution in [-0.2, 0) is 6.54 Å². The van der Waals surface area contributed by atoms with Gasteiger partial charge in [-0.1, -0.05) is 11.6 Å². The summed E-state index contributed by atoms with van der Waals surface area (Å²) < 4.78 is 5.63. The summed E-state index contributed by atoms with van der Waals surface area (Å²) in [6.07, 6.45) is 3.01. The maximum Gasteiger partial charge on any atom is 0.123 e. The van der Waals surface area contributed by atoms with Gasteiger partial charge in [-0.05, 0) is 63.0 Å². The number of rotatable bonds is 6. The summed E-state index contributed by atoms with van der Waals surface area (Å²) in [6, 6.07) is 14.7. The Balaban J connectivity index is 1.57. The van der Waals surface area contributed by atoms with Crippen molar-refractivity contribution in [1.29, 1.82) is 0 Å². The van der Waals surface area contributed by atoms with E-state index in [9.17, 15) is 0 Å². The fourth-order valence-electron chi connectivity index (χ4n) is 3.98. The van der Waals surface area contributed by atoms with Crippen LogP contribution in [-0.4, -0.2) is 55.1 Å². The molecule has 1 aromatic heterocycles. The van der Waals surface area contributed by atoms with Crippen LogP contribution in [0.4, 0.5) is 11.4 Å². The van der Waals surface area contributed by atoms with Crippen molar-refractivity contribution < 1.29 is 4.74 Å². The summed E-state index contributed by atoms with van der Waals surface area (Å²) in [4.78, 5) is 9.24. The number of methoxy groups -OCH3 is 1. The van der Waals surface area contributed by atoms with E-state index in [0.717, 1.165) is 47.7 Å². The second-order valence-electron chi connectivity index (χ2n) is 7.81. The lowest BCUT2D eigenvalue weighted by atomic mass is 10.1. The van der Waals surface area contributed by atoms with E-state index < -0.39 is 0 Å². The predicted octanol–water partition coefficient (Wildman–Crippen LogP) is 4.78. The standard InChI is InChI=1S/C23H27ClN4O/c1-27(2)19-9-11-28(15-19)14-16-12-18(5-7-23(16)29-3)26-21-8-10-25-22-13-17(24)4-6-20(21)22/h4-8,10,12-13,19H,9,11,14-15H2,1-3H3,(H,25,26). The average Bonchev–Trinajstić information content (AvgIpc) is 3.17. The third kappa shape index (κ3) is 4.47. The molecule has 1 aliphatic rings. The number of likely N-dealkylation sites (tertiary alicyclic amines) is 1. The number of ether oxygens (including phenoxy) is 1. The SMILES string of the molecule is COc1ccc(Nc2ccnc3cc(Cl)ccc23)cc1CN1CCC(N(C)C)C1. The van der Waals surface area contributed by atoms with Gasteiger partial charge in [-0.2, -0.15) is 0 Å². The van der Waals surface area contributed by atoms with Crippen LogP contribution >= 0.6 is 11.6 Å². The Kier molecular flexibility index (Phi) is 5.90. The zero-order valence-corrected chi connectivity index (χ0v) is 17.9. The minimum absolute atomic E-state index is 0.623. The molecule has 1 fully saturated rings. The zero-order valence-electron chi connectivity index (χ0n) is 17.2. The minimum atomic E-state index is 0.623. The molecule has 0 bridgehead atoms. The molecule has 152 valence electrons. The largest absolute Gasteiger partial charge is 0.496 e. The molecule has 1 unspecified atom stereocenters. The molecule has 6 heteroatoms. The van der Waals surface area contributed by atoms with Crippen molar-refractivity contribution >= 4 is 33.9 Å². The number of nitrogens with zero attached hydrogens (tertiary/aromatic N) is 3. The van der Waals surface area contributed by atoms with Gasteiger partial charge in [0.25, 0.3) is 0 Å². The van der Waals surface area contributed by atoms with Gasteiger partial charge in [0.1, 0.15) is 5.75 Å². The van der Waals surface area contributed by atoms with Crippen LogP contribution in [0.2, 0.25) is 5.02 Å². The molecule has 2 aromatic carbocycles. The molecule has 0 amide bonds. The van der Waals surface area contributed by atoms with E-state index in [1.807, 2.05) is 30.3 Å². The Bertz CT molecular complexity index is 1010. The van der Waals surface area contributed by atoms with E-state index in [-0.39, 0.29) is 0 Å². The monoisotopic (exact) mass is 410 g/mol. The number of benzene rings is 2. The summed E-state index contributed by atoms with van der Waals surface area (Å²) in [6.45, 7) is 3.08. The Hall–Kier alpha value is -2.34. The van der Waals surface area contributed by atoms with Gasteiger partial charge in [0.2, 0.25) is 0 Å². The molecule has 0 radical (unpaired) electrons. The van der Waals surface area contributed by atoms with E-state index in [2.05, 4.69) is 46.3 Å². The van der Waals surface area contributed by atoms with Crippen LogP contribution in [0.15, 0.2) is 48.7 Å². The van der Waals surface area contributed by atoms with Gasteiger partial charge in [0, 0.05) is 59.2 Å². The van der Waals surface area contributed by atoms with Gasteiger partial charge in [0.15, 0.2) is 0 Å². The molecular weight excluding hydrogens is 384 g/mol. The quantitative estimate of drug-likeness (QED) is 0.633. The fraction of sp³-hybridized carbons (Fsp3) is 0.348. The predicted molar refractivity (Wildman–Crippen MR) is 120 cm³/mol. The molecule has 0 aliphatic carbocycles. The van der Waals surface area contributed by atoms with Gasteiger partial charge >= 0.3 is 0 Å². The molecule has 3 aromatic rings. The average molecular weight is 411 g/mol. The van der Waals surface area contributed by atoms with Crippen LogP contribution in [0.25, 0.3) is 10.9 Å². The van der Waals surface area contributed by atoms with Crippen molar-refractivity contribution in [2.24, 2.45) is 0 Å². The Morgan fingerprint density at radius 3 is 2.83 bits per heavy atom. The third-order valence-electron chi connectivity index (χ3n) is 5.64. The van der Waals surface area contributed by atoms with Crippen molar-refractivity contribution in [3.8, 4) is 5.75 Å². The van der Waals surface area contributed by atoms with Crippen molar-refractivity contribution in [1.82, 2.24) is 14.8 Å². The number of likely N-dealkylation sites (N-methyl/N-ethyl adjacent to an activating group) is 1. The first-order valence-corrected chi connectivity index (χ1v) is 10.3. The lowest BCUT2D eigenvalue weighted by Gasteiger charge is -2.21. The lowest BCUT2D eigenvalue weighted by Crippen LogP contribution is -2.31. The molecule has 1 atom stereocenters. The Labute approximate surface area is 177 Å². The number of hydrogen-bond donors (Lipinski definition) is 1. The maximum atomic E-state index is 6.11. The van der Waals surface area contributed by atoms with Crippen molar-refractivity contribution in [3.63, 3.8) is 0 Å². The molecule has 0 spiro atoms. The summed E-state index contributed by atoms with van der Waals surface area (Å²) in [5.74, 6) is 0.926. The molecule has 1 N–H and O–H groups in total. The van der Waals surface area contributed by atoms with Crippen LogP contribution in [0, 0.1) is 0 Å².